The number of benzene rings is 1. The predicted molar refractivity (Wildman–Crippen MR) is 92.7 cm³/mol. The standard InChI is InChI=1S/C17H18FN3O3S/c1-11-15(9-19-21(11)13-4-2-12(18)3-5-13)17(24)20-6-7-25-10-14(20)8-16(22)23/h2-5,9,14H,6-8,10H2,1H3,(H,22,23). The number of aliphatic carboxylic acids is 1. The second-order valence-corrected chi connectivity index (χ2v) is 7.01. The quantitative estimate of drug-likeness (QED) is 0.902. The van der Waals surface area contributed by atoms with Gasteiger partial charge in [0.15, 0.2) is 0 Å². The van der Waals surface area contributed by atoms with Crippen LogP contribution in [0.1, 0.15) is 22.5 Å². The van der Waals surface area contributed by atoms with Gasteiger partial charge in [-0.3, -0.25) is 9.59 Å². The maximum absolute atomic E-state index is 13.1. The van der Waals surface area contributed by atoms with E-state index in [1.54, 1.807) is 40.4 Å². The molecule has 0 spiro atoms. The van der Waals surface area contributed by atoms with E-state index in [2.05, 4.69) is 5.10 Å². The lowest BCUT2D eigenvalue weighted by molar-refractivity contribution is -0.138. The molecule has 1 amide bonds. The molecule has 1 aromatic heterocycles. The van der Waals surface area contributed by atoms with Gasteiger partial charge in [0, 0.05) is 18.1 Å². The molecule has 1 fully saturated rings. The molecule has 2 heterocycles. The minimum Gasteiger partial charge on any atom is -0.481 e. The highest BCUT2D eigenvalue weighted by Crippen LogP contribution is 2.23. The molecule has 0 radical (unpaired) electrons. The second-order valence-electron chi connectivity index (χ2n) is 5.86. The maximum atomic E-state index is 13.1. The summed E-state index contributed by atoms with van der Waals surface area (Å²) < 4.78 is 14.7. The average Bonchev–Trinajstić information content (AvgIpc) is 2.96. The number of carbonyl (C=O) groups is 2. The summed E-state index contributed by atoms with van der Waals surface area (Å²) in [5, 5.41) is 13.3. The summed E-state index contributed by atoms with van der Waals surface area (Å²) in [5.74, 6) is -0.0652. The Bertz CT molecular complexity index is 791. The number of thioether (sulfide) groups is 1. The zero-order chi connectivity index (χ0) is 18.0. The molecule has 25 heavy (non-hydrogen) atoms. The maximum Gasteiger partial charge on any atom is 0.305 e. The first kappa shape index (κ1) is 17.5. The minimum absolute atomic E-state index is 0.0656. The molecule has 2 aromatic rings. The lowest BCUT2D eigenvalue weighted by atomic mass is 10.1. The molecule has 1 atom stereocenters. The molecule has 8 heteroatoms. The monoisotopic (exact) mass is 363 g/mol. The summed E-state index contributed by atoms with van der Waals surface area (Å²) in [7, 11) is 0. The van der Waals surface area contributed by atoms with E-state index in [1.807, 2.05) is 0 Å². The van der Waals surface area contributed by atoms with E-state index in [9.17, 15) is 14.0 Å². The lowest BCUT2D eigenvalue weighted by Crippen LogP contribution is -2.47. The summed E-state index contributed by atoms with van der Waals surface area (Å²) in [6.45, 7) is 2.29. The fraction of sp³-hybridized carbons (Fsp3) is 0.353. The number of hydrogen-bond acceptors (Lipinski definition) is 4. The third-order valence-corrected chi connectivity index (χ3v) is 5.30. The van der Waals surface area contributed by atoms with Gasteiger partial charge in [-0.15, -0.1) is 0 Å². The Morgan fingerprint density at radius 1 is 1.36 bits per heavy atom. The van der Waals surface area contributed by atoms with Crippen LogP contribution in [-0.4, -0.2) is 55.8 Å². The Morgan fingerprint density at radius 2 is 2.08 bits per heavy atom. The minimum atomic E-state index is -0.913. The van der Waals surface area contributed by atoms with Crippen LogP contribution in [0.15, 0.2) is 30.5 Å². The smallest absolute Gasteiger partial charge is 0.305 e. The van der Waals surface area contributed by atoms with Gasteiger partial charge in [-0.1, -0.05) is 0 Å². The van der Waals surface area contributed by atoms with Crippen LogP contribution in [0.3, 0.4) is 0 Å². The van der Waals surface area contributed by atoms with Crippen molar-refractivity contribution in [3.05, 3.63) is 47.5 Å². The van der Waals surface area contributed by atoms with Crippen LogP contribution in [0, 0.1) is 12.7 Å². The van der Waals surface area contributed by atoms with Crippen LogP contribution >= 0.6 is 11.8 Å². The van der Waals surface area contributed by atoms with Crippen LogP contribution in [0.4, 0.5) is 4.39 Å². The number of halogens is 1. The molecule has 1 N–H and O–H groups in total. The fourth-order valence-corrected chi connectivity index (χ4v) is 3.97. The van der Waals surface area contributed by atoms with Gasteiger partial charge in [0.1, 0.15) is 5.82 Å². The third-order valence-electron chi connectivity index (χ3n) is 4.21. The molecule has 6 nitrogen and oxygen atoms in total. The number of amides is 1. The lowest BCUT2D eigenvalue weighted by Gasteiger charge is -2.34. The molecule has 1 aliphatic rings. The number of carbonyl (C=O) groups excluding carboxylic acids is 1. The van der Waals surface area contributed by atoms with Crippen LogP contribution in [-0.2, 0) is 4.79 Å². The van der Waals surface area contributed by atoms with E-state index in [4.69, 9.17) is 5.11 Å². The van der Waals surface area contributed by atoms with Gasteiger partial charge < -0.3 is 10.0 Å². The van der Waals surface area contributed by atoms with Crippen molar-refractivity contribution in [2.24, 2.45) is 0 Å². The zero-order valence-corrected chi connectivity index (χ0v) is 14.5. The molecule has 0 aliphatic carbocycles. The molecule has 1 aromatic carbocycles. The summed E-state index contributed by atoms with van der Waals surface area (Å²) in [5.41, 5.74) is 1.74. The van der Waals surface area contributed by atoms with E-state index < -0.39 is 5.97 Å². The second kappa shape index (κ2) is 7.26. The van der Waals surface area contributed by atoms with Crippen molar-refractivity contribution < 1.29 is 19.1 Å². The highest BCUT2D eigenvalue weighted by molar-refractivity contribution is 7.99. The molecular formula is C17H18FN3O3S. The highest BCUT2D eigenvalue weighted by Gasteiger charge is 2.31. The summed E-state index contributed by atoms with van der Waals surface area (Å²) in [4.78, 5) is 25.6. The van der Waals surface area contributed by atoms with E-state index >= 15 is 0 Å². The number of hydrogen-bond donors (Lipinski definition) is 1. The number of carboxylic acids is 1. The number of nitrogens with zero attached hydrogens (tertiary/aromatic N) is 3. The molecule has 132 valence electrons. The van der Waals surface area contributed by atoms with Crippen molar-refractivity contribution >= 4 is 23.6 Å². The largest absolute Gasteiger partial charge is 0.481 e. The number of rotatable bonds is 4. The molecule has 0 bridgehead atoms. The van der Waals surface area contributed by atoms with Gasteiger partial charge in [0.05, 0.1) is 35.6 Å². The van der Waals surface area contributed by atoms with Crippen molar-refractivity contribution in [3.63, 3.8) is 0 Å². The predicted octanol–water partition coefficient (Wildman–Crippen LogP) is 2.35. The summed E-state index contributed by atoms with van der Waals surface area (Å²) >= 11 is 1.66. The number of aromatic nitrogens is 2. The Morgan fingerprint density at radius 3 is 2.76 bits per heavy atom. The van der Waals surface area contributed by atoms with Crippen molar-refractivity contribution in [3.8, 4) is 5.69 Å². The van der Waals surface area contributed by atoms with Crippen molar-refractivity contribution in [1.82, 2.24) is 14.7 Å². The Kier molecular flexibility index (Phi) is 5.08. The third kappa shape index (κ3) is 3.68. The van der Waals surface area contributed by atoms with Gasteiger partial charge in [-0.05, 0) is 31.2 Å². The Balaban J connectivity index is 1.87. The van der Waals surface area contributed by atoms with Crippen molar-refractivity contribution in [1.29, 1.82) is 0 Å². The van der Waals surface area contributed by atoms with Crippen LogP contribution < -0.4 is 0 Å². The molecule has 0 saturated carbocycles. The molecule has 3 rings (SSSR count). The van der Waals surface area contributed by atoms with Crippen molar-refractivity contribution in [2.75, 3.05) is 18.1 Å². The number of carboxylic acid groups (broad SMARTS) is 1. The Hall–Kier alpha value is -2.35. The average molecular weight is 363 g/mol. The Labute approximate surface area is 148 Å². The van der Waals surface area contributed by atoms with Crippen LogP contribution in [0.2, 0.25) is 0 Å². The topological polar surface area (TPSA) is 75.4 Å². The van der Waals surface area contributed by atoms with Crippen LogP contribution in [0.5, 0.6) is 0 Å². The van der Waals surface area contributed by atoms with Gasteiger partial charge in [0.25, 0.3) is 5.91 Å². The first-order valence-electron chi connectivity index (χ1n) is 7.88. The highest BCUT2D eigenvalue weighted by atomic mass is 32.2. The van der Waals surface area contributed by atoms with Gasteiger partial charge in [-0.2, -0.15) is 16.9 Å². The SMILES string of the molecule is Cc1c(C(=O)N2CCSCC2CC(=O)O)cnn1-c1ccc(F)cc1. The van der Waals surface area contributed by atoms with Crippen molar-refractivity contribution in [2.45, 2.75) is 19.4 Å². The molecule has 1 unspecified atom stereocenters. The molecule has 1 saturated heterocycles. The van der Waals surface area contributed by atoms with E-state index in [0.29, 0.717) is 29.2 Å². The van der Waals surface area contributed by atoms with E-state index in [1.165, 1.54) is 18.3 Å². The zero-order valence-electron chi connectivity index (χ0n) is 13.7. The van der Waals surface area contributed by atoms with Gasteiger partial charge >= 0.3 is 5.97 Å². The first-order chi connectivity index (χ1) is 12.0. The van der Waals surface area contributed by atoms with Gasteiger partial charge in [0.2, 0.25) is 0 Å². The van der Waals surface area contributed by atoms with E-state index in [-0.39, 0.29) is 24.2 Å². The van der Waals surface area contributed by atoms with Gasteiger partial charge in [-0.25, -0.2) is 9.07 Å². The fourth-order valence-electron chi connectivity index (χ4n) is 2.91. The molecule has 1 aliphatic heterocycles. The van der Waals surface area contributed by atoms with E-state index in [0.717, 1.165) is 5.75 Å². The summed E-state index contributed by atoms with van der Waals surface area (Å²) in [6, 6.07) is 5.53. The van der Waals surface area contributed by atoms with Crippen LogP contribution in [0.25, 0.3) is 5.69 Å². The summed E-state index contributed by atoms with van der Waals surface area (Å²) in [6.07, 6.45) is 1.42. The molecular weight excluding hydrogens is 345 g/mol. The normalized spacial score (nSPS) is 17.5. The first-order valence-corrected chi connectivity index (χ1v) is 9.04.